The van der Waals surface area contributed by atoms with Crippen LogP contribution in [0.1, 0.15) is 29.9 Å². The van der Waals surface area contributed by atoms with Crippen molar-refractivity contribution in [1.29, 1.82) is 0 Å². The minimum atomic E-state index is 0.495. The highest BCUT2D eigenvalue weighted by molar-refractivity contribution is 7.17. The lowest BCUT2D eigenvalue weighted by Gasteiger charge is -2.01. The molecule has 0 unspecified atom stereocenters. The molecule has 2 aromatic carbocycles. The zero-order chi connectivity index (χ0) is 16.8. The van der Waals surface area contributed by atoms with Gasteiger partial charge >= 0.3 is 0 Å². The number of oxime groups is 1. The van der Waals surface area contributed by atoms with Gasteiger partial charge in [-0.05, 0) is 42.2 Å². The van der Waals surface area contributed by atoms with Crippen molar-refractivity contribution in [3.8, 4) is 10.4 Å². The topological polar surface area (TPSA) is 21.6 Å². The predicted octanol–water partition coefficient (Wildman–Crippen LogP) is 5.92. The van der Waals surface area contributed by atoms with Crippen molar-refractivity contribution in [2.24, 2.45) is 5.16 Å². The van der Waals surface area contributed by atoms with Crippen LogP contribution in [-0.4, -0.2) is 5.71 Å². The average molecular weight is 335 g/mol. The lowest BCUT2D eigenvalue weighted by Crippen LogP contribution is -1.93. The van der Waals surface area contributed by atoms with E-state index in [0.717, 1.165) is 22.6 Å². The fourth-order valence-electron chi connectivity index (χ4n) is 2.42. The molecule has 0 bridgehead atoms. The predicted molar refractivity (Wildman–Crippen MR) is 103 cm³/mol. The molecule has 0 aliphatic carbocycles. The highest BCUT2D eigenvalue weighted by atomic mass is 32.1. The maximum Gasteiger partial charge on any atom is 0.142 e. The van der Waals surface area contributed by atoms with E-state index in [-0.39, 0.29) is 0 Å². The van der Waals surface area contributed by atoms with Crippen molar-refractivity contribution in [1.82, 2.24) is 0 Å². The molecule has 0 aliphatic rings. The second-order valence-electron chi connectivity index (χ2n) is 5.65. The minimum absolute atomic E-state index is 0.495. The summed E-state index contributed by atoms with van der Waals surface area (Å²) in [6.07, 6.45) is 1.07. The van der Waals surface area contributed by atoms with Crippen molar-refractivity contribution in [2.75, 3.05) is 0 Å². The normalized spacial score (nSPS) is 11.5. The molecule has 1 aromatic heterocycles. The second kappa shape index (κ2) is 7.93. The van der Waals surface area contributed by atoms with E-state index in [4.69, 9.17) is 4.84 Å². The molecule has 3 rings (SSSR count). The van der Waals surface area contributed by atoms with Crippen molar-refractivity contribution >= 4 is 17.0 Å². The van der Waals surface area contributed by atoms with Crippen LogP contribution in [0.15, 0.2) is 71.9 Å². The summed E-state index contributed by atoms with van der Waals surface area (Å²) in [5, 5.41) is 4.25. The Kier molecular flexibility index (Phi) is 5.44. The largest absolute Gasteiger partial charge is 0.391 e. The zero-order valence-corrected chi connectivity index (χ0v) is 14.8. The molecule has 24 heavy (non-hydrogen) atoms. The number of thiophene rings is 1. The first-order valence-electron chi connectivity index (χ1n) is 8.16. The number of rotatable bonds is 6. The lowest BCUT2D eigenvalue weighted by atomic mass is 10.1. The summed E-state index contributed by atoms with van der Waals surface area (Å²) in [6, 6.07) is 23.1. The van der Waals surface area contributed by atoms with Gasteiger partial charge < -0.3 is 4.84 Å². The maximum absolute atomic E-state index is 5.48. The molecular formula is C21H21NOS. The first kappa shape index (κ1) is 16.5. The van der Waals surface area contributed by atoms with Crippen LogP contribution in [0.3, 0.4) is 0 Å². The molecule has 3 heteroatoms. The molecule has 0 N–H and O–H groups in total. The van der Waals surface area contributed by atoms with Crippen LogP contribution < -0.4 is 0 Å². The molecule has 0 fully saturated rings. The third-order valence-electron chi connectivity index (χ3n) is 3.88. The van der Waals surface area contributed by atoms with Gasteiger partial charge in [0.1, 0.15) is 6.61 Å². The van der Waals surface area contributed by atoms with Gasteiger partial charge in [-0.15, -0.1) is 11.3 Å². The van der Waals surface area contributed by atoms with Crippen molar-refractivity contribution < 1.29 is 4.84 Å². The van der Waals surface area contributed by atoms with E-state index in [1.54, 1.807) is 11.3 Å². The van der Waals surface area contributed by atoms with Gasteiger partial charge in [-0.3, -0.25) is 0 Å². The monoisotopic (exact) mass is 335 g/mol. The van der Waals surface area contributed by atoms with Crippen LogP contribution in [0.2, 0.25) is 0 Å². The highest BCUT2D eigenvalue weighted by Gasteiger charge is 2.06. The highest BCUT2D eigenvalue weighted by Crippen LogP contribution is 2.29. The Hall–Kier alpha value is -2.39. The van der Waals surface area contributed by atoms with Crippen LogP contribution in [0.5, 0.6) is 0 Å². The third-order valence-corrected chi connectivity index (χ3v) is 5.13. The fourth-order valence-corrected chi connectivity index (χ4v) is 3.36. The number of hydrogen-bond donors (Lipinski definition) is 0. The van der Waals surface area contributed by atoms with Gasteiger partial charge in [-0.25, -0.2) is 0 Å². The number of benzene rings is 2. The average Bonchev–Trinajstić information content (AvgIpc) is 3.13. The summed E-state index contributed by atoms with van der Waals surface area (Å²) in [5.74, 6) is 0. The van der Waals surface area contributed by atoms with E-state index in [0.29, 0.717) is 6.61 Å². The van der Waals surface area contributed by atoms with Crippen LogP contribution in [0, 0.1) is 0 Å². The van der Waals surface area contributed by atoms with Gasteiger partial charge in [0, 0.05) is 4.88 Å². The first-order valence-corrected chi connectivity index (χ1v) is 8.98. The van der Waals surface area contributed by atoms with E-state index >= 15 is 0 Å². The SMILES string of the molecule is CCc1ccc(-c2ccc(/C(C)=N/OCc3ccccc3)s2)cc1. The Labute approximate surface area is 147 Å². The molecule has 0 amide bonds. The van der Waals surface area contributed by atoms with E-state index in [1.807, 2.05) is 37.3 Å². The van der Waals surface area contributed by atoms with Gasteiger partial charge in [0.25, 0.3) is 0 Å². The van der Waals surface area contributed by atoms with Crippen molar-refractivity contribution in [3.05, 3.63) is 82.7 Å². The van der Waals surface area contributed by atoms with Crippen molar-refractivity contribution in [3.63, 3.8) is 0 Å². The quantitative estimate of drug-likeness (QED) is 0.405. The van der Waals surface area contributed by atoms with Gasteiger partial charge in [0.05, 0.1) is 10.6 Å². The smallest absolute Gasteiger partial charge is 0.142 e. The fraction of sp³-hybridized carbons (Fsp3) is 0.190. The van der Waals surface area contributed by atoms with Crippen LogP contribution in [0.25, 0.3) is 10.4 Å². The second-order valence-corrected chi connectivity index (χ2v) is 6.73. The summed E-state index contributed by atoms with van der Waals surface area (Å²) in [7, 11) is 0. The Bertz CT molecular complexity index is 803. The third kappa shape index (κ3) is 4.12. The summed E-state index contributed by atoms with van der Waals surface area (Å²) >= 11 is 1.74. The van der Waals surface area contributed by atoms with E-state index in [2.05, 4.69) is 48.5 Å². The van der Waals surface area contributed by atoms with Crippen LogP contribution in [0.4, 0.5) is 0 Å². The molecule has 0 spiro atoms. The Morgan fingerprint density at radius 2 is 1.67 bits per heavy atom. The van der Waals surface area contributed by atoms with Gasteiger partial charge in [0.2, 0.25) is 0 Å². The Morgan fingerprint density at radius 1 is 0.917 bits per heavy atom. The zero-order valence-electron chi connectivity index (χ0n) is 14.0. The molecule has 0 saturated carbocycles. The molecule has 2 nitrogen and oxygen atoms in total. The van der Waals surface area contributed by atoms with Gasteiger partial charge in [-0.2, -0.15) is 0 Å². The number of nitrogens with zero attached hydrogens (tertiary/aromatic N) is 1. The lowest BCUT2D eigenvalue weighted by molar-refractivity contribution is 0.130. The Balaban J connectivity index is 1.66. The molecule has 0 saturated heterocycles. The maximum atomic E-state index is 5.48. The molecule has 0 radical (unpaired) electrons. The van der Waals surface area contributed by atoms with Crippen molar-refractivity contribution in [2.45, 2.75) is 26.9 Å². The van der Waals surface area contributed by atoms with Crippen LogP contribution >= 0.6 is 11.3 Å². The molecule has 122 valence electrons. The van der Waals surface area contributed by atoms with Gasteiger partial charge in [0.15, 0.2) is 0 Å². The summed E-state index contributed by atoms with van der Waals surface area (Å²) in [4.78, 5) is 7.87. The van der Waals surface area contributed by atoms with E-state index < -0.39 is 0 Å². The summed E-state index contributed by atoms with van der Waals surface area (Å²) in [5.41, 5.74) is 4.65. The first-order chi connectivity index (χ1) is 11.8. The molecule has 3 aromatic rings. The van der Waals surface area contributed by atoms with E-state index in [1.165, 1.54) is 16.0 Å². The van der Waals surface area contributed by atoms with Gasteiger partial charge in [-0.1, -0.05) is 66.7 Å². The summed E-state index contributed by atoms with van der Waals surface area (Å²) in [6.45, 7) is 4.66. The molecule has 0 aliphatic heterocycles. The standard InChI is InChI=1S/C21H21NOS/c1-3-17-9-11-19(12-10-17)21-14-13-20(24-21)16(2)22-23-15-18-7-5-4-6-8-18/h4-14H,3,15H2,1-2H3/b22-16+. The summed E-state index contributed by atoms with van der Waals surface area (Å²) < 4.78 is 0. The minimum Gasteiger partial charge on any atom is -0.391 e. The molecule has 0 atom stereocenters. The molecular weight excluding hydrogens is 314 g/mol. The van der Waals surface area contributed by atoms with E-state index in [9.17, 15) is 0 Å². The van der Waals surface area contributed by atoms with Crippen LogP contribution in [-0.2, 0) is 17.9 Å². The number of aryl methyl sites for hydroxylation is 1. The molecule has 1 heterocycles. The Morgan fingerprint density at radius 3 is 2.38 bits per heavy atom. The number of hydrogen-bond acceptors (Lipinski definition) is 3.